The zero-order valence-electron chi connectivity index (χ0n) is 19.9. The highest BCUT2D eigenvalue weighted by atomic mass is 16.5. The molecule has 2 aromatic rings. The SMILES string of the molecule is CCCCOc1ccc(C([O-])=C2C(=O)C(=O)N(CCC[NH+](C)C)C2c2ccncc2)cc1C. The van der Waals surface area contributed by atoms with Crippen molar-refractivity contribution in [3.8, 4) is 5.75 Å². The summed E-state index contributed by atoms with van der Waals surface area (Å²) in [5, 5.41) is 13.5. The van der Waals surface area contributed by atoms with Gasteiger partial charge in [0.15, 0.2) is 0 Å². The molecule has 0 aliphatic carbocycles. The van der Waals surface area contributed by atoms with Crippen LogP contribution < -0.4 is 14.7 Å². The van der Waals surface area contributed by atoms with Gasteiger partial charge < -0.3 is 19.6 Å². The second-order valence-electron chi connectivity index (χ2n) is 8.75. The van der Waals surface area contributed by atoms with E-state index in [2.05, 4.69) is 11.9 Å². The van der Waals surface area contributed by atoms with Crippen molar-refractivity contribution in [2.24, 2.45) is 0 Å². The standard InChI is InChI=1S/C26H33N3O4/c1-5-6-16-33-21-9-8-20(17-18(21)2)24(30)22-23(19-10-12-27-13-11-19)29(26(32)25(22)31)15-7-14-28(3)4/h8-13,17,23,30H,5-7,14-16H2,1-4H3. The molecule has 0 bridgehead atoms. The number of benzene rings is 1. The lowest BCUT2D eigenvalue weighted by molar-refractivity contribution is -0.858. The molecule has 1 amide bonds. The number of aromatic nitrogens is 1. The highest BCUT2D eigenvalue weighted by molar-refractivity contribution is 6.46. The zero-order chi connectivity index (χ0) is 24.0. The maximum absolute atomic E-state index is 13.5. The number of hydrogen-bond acceptors (Lipinski definition) is 5. The number of pyridine rings is 1. The summed E-state index contributed by atoms with van der Waals surface area (Å²) in [6.07, 6.45) is 5.94. The number of aryl methyl sites for hydroxylation is 1. The van der Waals surface area contributed by atoms with Crippen molar-refractivity contribution >= 4 is 17.4 Å². The Labute approximate surface area is 195 Å². The smallest absolute Gasteiger partial charge is 0.295 e. The van der Waals surface area contributed by atoms with Gasteiger partial charge in [-0.15, -0.1) is 0 Å². The third kappa shape index (κ3) is 5.60. The molecule has 7 heteroatoms. The van der Waals surface area contributed by atoms with Crippen molar-refractivity contribution in [1.82, 2.24) is 9.88 Å². The maximum atomic E-state index is 13.5. The maximum Gasteiger partial charge on any atom is 0.295 e. The number of rotatable bonds is 10. The number of ketones is 1. The molecule has 1 aromatic carbocycles. The lowest BCUT2D eigenvalue weighted by Gasteiger charge is -2.27. The van der Waals surface area contributed by atoms with Crippen molar-refractivity contribution < 1.29 is 24.3 Å². The average Bonchev–Trinajstić information content (AvgIpc) is 3.05. The largest absolute Gasteiger partial charge is 0.872 e. The van der Waals surface area contributed by atoms with E-state index in [1.165, 1.54) is 9.80 Å². The van der Waals surface area contributed by atoms with Crippen LogP contribution >= 0.6 is 0 Å². The van der Waals surface area contributed by atoms with E-state index in [0.29, 0.717) is 24.3 Å². The van der Waals surface area contributed by atoms with E-state index < -0.39 is 23.5 Å². The first-order valence-corrected chi connectivity index (χ1v) is 11.5. The number of carbonyl (C=O) groups is 2. The molecule has 1 aliphatic rings. The summed E-state index contributed by atoms with van der Waals surface area (Å²) >= 11 is 0. The average molecular weight is 452 g/mol. The van der Waals surface area contributed by atoms with Gasteiger partial charge in [-0.2, -0.15) is 0 Å². The van der Waals surface area contributed by atoms with Gasteiger partial charge in [-0.1, -0.05) is 25.2 Å². The molecule has 1 aromatic heterocycles. The van der Waals surface area contributed by atoms with Crippen LogP contribution in [0.4, 0.5) is 0 Å². The number of unbranched alkanes of at least 4 members (excludes halogenated alkanes) is 1. The van der Waals surface area contributed by atoms with E-state index in [4.69, 9.17) is 4.74 Å². The Kier molecular flexibility index (Phi) is 8.22. The fourth-order valence-electron chi connectivity index (χ4n) is 4.03. The summed E-state index contributed by atoms with van der Waals surface area (Å²) in [4.78, 5) is 32.8. The summed E-state index contributed by atoms with van der Waals surface area (Å²) in [5.41, 5.74) is 1.91. The Morgan fingerprint density at radius 3 is 2.52 bits per heavy atom. The molecule has 1 unspecified atom stereocenters. The molecule has 0 saturated carbocycles. The van der Waals surface area contributed by atoms with Gasteiger partial charge in [-0.05, 0) is 54.3 Å². The number of Topliss-reactive ketones (excluding diaryl/α,β-unsaturated/α-hetero) is 1. The van der Waals surface area contributed by atoms with Gasteiger partial charge in [0, 0.05) is 30.9 Å². The van der Waals surface area contributed by atoms with Crippen molar-refractivity contribution in [3.63, 3.8) is 0 Å². The molecule has 1 atom stereocenters. The normalized spacial score (nSPS) is 17.7. The molecule has 0 radical (unpaired) electrons. The second-order valence-corrected chi connectivity index (χ2v) is 8.75. The summed E-state index contributed by atoms with van der Waals surface area (Å²) in [5.74, 6) is -1.04. The Balaban J connectivity index is 1.99. The molecule has 1 saturated heterocycles. The number of amides is 1. The van der Waals surface area contributed by atoms with E-state index in [1.807, 2.05) is 21.0 Å². The van der Waals surface area contributed by atoms with Crippen LogP contribution in [0.15, 0.2) is 48.3 Å². The fraction of sp³-hybridized carbons (Fsp3) is 0.423. The Hall–Kier alpha value is -3.19. The highest BCUT2D eigenvalue weighted by Crippen LogP contribution is 2.38. The molecule has 0 spiro atoms. The first kappa shape index (κ1) is 24.5. The topological polar surface area (TPSA) is 87.0 Å². The van der Waals surface area contributed by atoms with Crippen LogP contribution in [0.2, 0.25) is 0 Å². The Morgan fingerprint density at radius 1 is 1.15 bits per heavy atom. The number of hydrogen-bond donors (Lipinski definition) is 1. The number of carbonyl (C=O) groups excluding carboxylic acids is 2. The predicted octanol–water partition coefficient (Wildman–Crippen LogP) is 1.33. The molecule has 7 nitrogen and oxygen atoms in total. The van der Waals surface area contributed by atoms with Crippen LogP contribution in [-0.2, 0) is 9.59 Å². The van der Waals surface area contributed by atoms with E-state index in [1.54, 1.807) is 42.7 Å². The van der Waals surface area contributed by atoms with Crippen LogP contribution in [0.25, 0.3) is 5.76 Å². The van der Waals surface area contributed by atoms with Gasteiger partial charge >= 0.3 is 0 Å². The summed E-state index contributed by atoms with van der Waals surface area (Å²) in [6, 6.07) is 7.96. The van der Waals surface area contributed by atoms with E-state index in [0.717, 1.165) is 37.1 Å². The number of likely N-dealkylation sites (tertiary alicyclic amines) is 1. The van der Waals surface area contributed by atoms with Crippen LogP contribution in [0.3, 0.4) is 0 Å². The molecule has 2 heterocycles. The van der Waals surface area contributed by atoms with Gasteiger partial charge in [0.2, 0.25) is 5.78 Å². The third-order valence-electron chi connectivity index (χ3n) is 5.82. The first-order chi connectivity index (χ1) is 15.8. The fourth-order valence-corrected chi connectivity index (χ4v) is 4.03. The number of quaternary nitrogens is 1. The van der Waals surface area contributed by atoms with Crippen LogP contribution in [0, 0.1) is 6.92 Å². The minimum absolute atomic E-state index is 0.00227. The van der Waals surface area contributed by atoms with Crippen LogP contribution in [0.5, 0.6) is 5.75 Å². The Bertz CT molecular complexity index is 1020. The summed E-state index contributed by atoms with van der Waals surface area (Å²) in [7, 11) is 4.08. The molecular formula is C26H33N3O4. The van der Waals surface area contributed by atoms with Gasteiger partial charge in [0.1, 0.15) is 5.75 Å². The van der Waals surface area contributed by atoms with Crippen molar-refractivity contribution in [3.05, 3.63) is 65.0 Å². The lowest BCUT2D eigenvalue weighted by atomic mass is 9.95. The zero-order valence-corrected chi connectivity index (χ0v) is 19.9. The van der Waals surface area contributed by atoms with E-state index >= 15 is 0 Å². The minimum Gasteiger partial charge on any atom is -0.872 e. The third-order valence-corrected chi connectivity index (χ3v) is 5.82. The van der Waals surface area contributed by atoms with Gasteiger partial charge in [0.05, 0.1) is 33.3 Å². The van der Waals surface area contributed by atoms with E-state index in [-0.39, 0.29) is 5.57 Å². The molecule has 3 rings (SSSR count). The molecule has 176 valence electrons. The van der Waals surface area contributed by atoms with Crippen molar-refractivity contribution in [2.75, 3.05) is 33.8 Å². The van der Waals surface area contributed by atoms with Gasteiger partial charge in [0.25, 0.3) is 5.91 Å². The first-order valence-electron chi connectivity index (χ1n) is 11.5. The Morgan fingerprint density at radius 2 is 1.88 bits per heavy atom. The van der Waals surface area contributed by atoms with Gasteiger partial charge in [-0.3, -0.25) is 14.6 Å². The molecule has 1 fully saturated rings. The second kappa shape index (κ2) is 11.1. The quantitative estimate of drug-likeness (QED) is 0.255. The molecule has 1 aliphatic heterocycles. The molecule has 1 N–H and O–H groups in total. The molecule has 33 heavy (non-hydrogen) atoms. The van der Waals surface area contributed by atoms with Gasteiger partial charge in [-0.25, -0.2) is 0 Å². The number of nitrogens with zero attached hydrogens (tertiary/aromatic N) is 2. The van der Waals surface area contributed by atoms with Crippen LogP contribution in [-0.4, -0.2) is 55.4 Å². The number of nitrogens with one attached hydrogen (secondary N) is 1. The highest BCUT2D eigenvalue weighted by Gasteiger charge is 2.43. The predicted molar refractivity (Wildman–Crippen MR) is 124 cm³/mol. The summed E-state index contributed by atoms with van der Waals surface area (Å²) in [6.45, 7) is 5.84. The van der Waals surface area contributed by atoms with Crippen molar-refractivity contribution in [2.45, 2.75) is 39.2 Å². The van der Waals surface area contributed by atoms with E-state index in [9.17, 15) is 14.7 Å². The van der Waals surface area contributed by atoms with Crippen LogP contribution in [0.1, 0.15) is 48.9 Å². The monoisotopic (exact) mass is 451 g/mol. The molecular weight excluding hydrogens is 418 g/mol. The minimum atomic E-state index is -0.722. The van der Waals surface area contributed by atoms with Crippen molar-refractivity contribution in [1.29, 1.82) is 0 Å². The summed E-state index contributed by atoms with van der Waals surface area (Å²) < 4.78 is 5.79. The number of ether oxygens (including phenoxy) is 1. The lowest BCUT2D eigenvalue weighted by Crippen LogP contribution is -3.05.